The lowest BCUT2D eigenvalue weighted by molar-refractivity contribution is 0.149. The maximum absolute atomic E-state index is 12.4. The molecule has 0 fully saturated rings. The fraction of sp³-hybridized carbons (Fsp3) is 0.333. The Kier molecular flexibility index (Phi) is 3.33. The minimum Gasteiger partial charge on any atom is -0.329 e. The average Bonchev–Trinajstić information content (AvgIpc) is 2.16. The molecule has 1 rings (SSSR count). The molecule has 0 saturated carbocycles. The van der Waals surface area contributed by atoms with Crippen LogP contribution in [0.5, 0.6) is 0 Å². The van der Waals surface area contributed by atoms with Crippen LogP contribution in [0.2, 0.25) is 0 Å². The molecule has 0 unspecified atom stereocenters. The second kappa shape index (κ2) is 4.30. The van der Waals surface area contributed by atoms with Crippen molar-refractivity contribution in [2.45, 2.75) is 12.5 Å². The van der Waals surface area contributed by atoms with Gasteiger partial charge in [-0.15, -0.1) is 0 Å². The lowest BCUT2D eigenvalue weighted by atomic mass is 10.0. The minimum absolute atomic E-state index is 0.0274. The zero-order valence-corrected chi connectivity index (χ0v) is 7.08. The van der Waals surface area contributed by atoms with Gasteiger partial charge in [0, 0.05) is 18.2 Å². The summed E-state index contributed by atoms with van der Waals surface area (Å²) in [6, 6.07) is 5.68. The first-order valence-electron chi connectivity index (χ1n) is 3.99. The van der Waals surface area contributed by atoms with Gasteiger partial charge in [0.25, 0.3) is 6.43 Å². The molecule has 72 valence electrons. The summed E-state index contributed by atoms with van der Waals surface area (Å²) in [6.07, 6.45) is -2.49. The Morgan fingerprint density at radius 2 is 1.69 bits per heavy atom. The summed E-state index contributed by atoms with van der Waals surface area (Å²) in [5.74, 6) is 0. The quantitative estimate of drug-likeness (QED) is 0.753. The van der Waals surface area contributed by atoms with Crippen LogP contribution in [-0.2, 0) is 0 Å². The van der Waals surface area contributed by atoms with Gasteiger partial charge in [0.1, 0.15) is 0 Å². The normalized spacial score (nSPS) is 13.3. The van der Waals surface area contributed by atoms with Crippen LogP contribution in [0.25, 0.3) is 0 Å². The molecule has 0 heterocycles. The molecule has 0 aliphatic rings. The SMILES string of the molecule is NC[C@@H](N)c1ccccc1C(F)F. The van der Waals surface area contributed by atoms with E-state index in [0.29, 0.717) is 5.56 Å². The lowest BCUT2D eigenvalue weighted by Gasteiger charge is -2.13. The van der Waals surface area contributed by atoms with Crippen LogP contribution in [0.3, 0.4) is 0 Å². The highest BCUT2D eigenvalue weighted by atomic mass is 19.3. The number of hydrogen-bond acceptors (Lipinski definition) is 2. The largest absolute Gasteiger partial charge is 0.329 e. The molecule has 1 atom stereocenters. The third-order valence-corrected chi connectivity index (χ3v) is 1.88. The molecule has 0 aliphatic carbocycles. The Morgan fingerprint density at radius 3 is 2.15 bits per heavy atom. The van der Waals surface area contributed by atoms with Crippen LogP contribution in [0.1, 0.15) is 23.6 Å². The van der Waals surface area contributed by atoms with Crippen LogP contribution >= 0.6 is 0 Å². The molecule has 13 heavy (non-hydrogen) atoms. The molecule has 1 aromatic carbocycles. The van der Waals surface area contributed by atoms with Crippen LogP contribution in [0.15, 0.2) is 24.3 Å². The molecule has 0 saturated heterocycles. The van der Waals surface area contributed by atoms with Gasteiger partial charge in [0.15, 0.2) is 0 Å². The maximum Gasteiger partial charge on any atom is 0.264 e. The summed E-state index contributed by atoms with van der Waals surface area (Å²) in [5.41, 5.74) is 11.3. The van der Waals surface area contributed by atoms with Crippen molar-refractivity contribution in [3.05, 3.63) is 35.4 Å². The Hall–Kier alpha value is -1.00. The predicted molar refractivity (Wildman–Crippen MR) is 47.4 cm³/mol. The highest BCUT2D eigenvalue weighted by Crippen LogP contribution is 2.25. The monoisotopic (exact) mass is 186 g/mol. The summed E-state index contributed by atoms with van der Waals surface area (Å²) in [7, 11) is 0. The highest BCUT2D eigenvalue weighted by molar-refractivity contribution is 5.30. The second-order valence-corrected chi connectivity index (χ2v) is 2.77. The summed E-state index contributed by atoms with van der Waals surface area (Å²) in [4.78, 5) is 0. The van der Waals surface area contributed by atoms with Gasteiger partial charge < -0.3 is 11.5 Å². The van der Waals surface area contributed by atoms with E-state index < -0.39 is 12.5 Å². The van der Waals surface area contributed by atoms with Crippen molar-refractivity contribution in [1.29, 1.82) is 0 Å². The number of rotatable bonds is 3. The standard InChI is InChI=1S/C9H12F2N2/c10-9(11)7-4-2-1-3-6(7)8(13)5-12/h1-4,8-9H,5,12-13H2/t8-/m1/s1. The average molecular weight is 186 g/mol. The van der Waals surface area contributed by atoms with Crippen LogP contribution in [0, 0.1) is 0 Å². The predicted octanol–water partition coefficient (Wildman–Crippen LogP) is 1.58. The smallest absolute Gasteiger partial charge is 0.264 e. The van der Waals surface area contributed by atoms with Gasteiger partial charge in [-0.3, -0.25) is 0 Å². The first-order valence-corrected chi connectivity index (χ1v) is 3.99. The summed E-state index contributed by atoms with van der Waals surface area (Å²) in [5, 5.41) is 0. The Bertz CT molecular complexity index is 276. The van der Waals surface area contributed by atoms with E-state index in [9.17, 15) is 8.78 Å². The van der Waals surface area contributed by atoms with E-state index in [4.69, 9.17) is 11.5 Å². The van der Waals surface area contributed by atoms with Gasteiger partial charge in [-0.2, -0.15) is 0 Å². The molecule has 0 amide bonds. The molecule has 0 radical (unpaired) electrons. The van der Waals surface area contributed by atoms with Crippen molar-refractivity contribution in [3.63, 3.8) is 0 Å². The number of alkyl halides is 2. The van der Waals surface area contributed by atoms with E-state index in [-0.39, 0.29) is 12.1 Å². The second-order valence-electron chi connectivity index (χ2n) is 2.77. The molecular formula is C9H12F2N2. The van der Waals surface area contributed by atoms with Crippen LogP contribution < -0.4 is 11.5 Å². The van der Waals surface area contributed by atoms with E-state index in [0.717, 1.165) is 0 Å². The maximum atomic E-state index is 12.4. The van der Waals surface area contributed by atoms with Crippen molar-refractivity contribution in [2.24, 2.45) is 11.5 Å². The van der Waals surface area contributed by atoms with Gasteiger partial charge in [0.05, 0.1) is 0 Å². The molecule has 0 bridgehead atoms. The van der Waals surface area contributed by atoms with E-state index in [1.807, 2.05) is 0 Å². The van der Waals surface area contributed by atoms with Gasteiger partial charge in [-0.1, -0.05) is 24.3 Å². The molecular weight excluding hydrogens is 174 g/mol. The topological polar surface area (TPSA) is 52.0 Å². The van der Waals surface area contributed by atoms with Crippen molar-refractivity contribution < 1.29 is 8.78 Å². The van der Waals surface area contributed by atoms with Gasteiger partial charge in [-0.05, 0) is 5.56 Å². The highest BCUT2D eigenvalue weighted by Gasteiger charge is 2.15. The van der Waals surface area contributed by atoms with Gasteiger partial charge >= 0.3 is 0 Å². The van der Waals surface area contributed by atoms with Crippen molar-refractivity contribution >= 4 is 0 Å². The first kappa shape index (κ1) is 10.1. The van der Waals surface area contributed by atoms with Crippen molar-refractivity contribution in [1.82, 2.24) is 0 Å². The van der Waals surface area contributed by atoms with E-state index in [1.165, 1.54) is 6.07 Å². The first-order chi connectivity index (χ1) is 6.16. The third kappa shape index (κ3) is 2.23. The molecule has 0 spiro atoms. The minimum atomic E-state index is -2.49. The zero-order chi connectivity index (χ0) is 9.84. The Balaban J connectivity index is 3.04. The number of halogens is 2. The van der Waals surface area contributed by atoms with Crippen molar-refractivity contribution in [3.8, 4) is 0 Å². The number of hydrogen-bond donors (Lipinski definition) is 2. The summed E-state index contributed by atoms with van der Waals surface area (Å²) >= 11 is 0. The van der Waals surface area contributed by atoms with E-state index in [1.54, 1.807) is 18.2 Å². The number of nitrogens with two attached hydrogens (primary N) is 2. The molecule has 4 heteroatoms. The fourth-order valence-electron chi connectivity index (χ4n) is 1.17. The summed E-state index contributed by atoms with van der Waals surface area (Å²) < 4.78 is 24.9. The van der Waals surface area contributed by atoms with Crippen molar-refractivity contribution in [2.75, 3.05) is 6.54 Å². The third-order valence-electron chi connectivity index (χ3n) is 1.88. The fourth-order valence-corrected chi connectivity index (χ4v) is 1.17. The van der Waals surface area contributed by atoms with Gasteiger partial charge in [-0.25, -0.2) is 8.78 Å². The van der Waals surface area contributed by atoms with Crippen LogP contribution in [-0.4, -0.2) is 6.54 Å². The van der Waals surface area contributed by atoms with E-state index in [2.05, 4.69) is 0 Å². The molecule has 1 aromatic rings. The Morgan fingerprint density at radius 1 is 1.15 bits per heavy atom. The molecule has 4 N–H and O–H groups in total. The molecule has 0 aliphatic heterocycles. The molecule has 0 aromatic heterocycles. The molecule has 2 nitrogen and oxygen atoms in total. The zero-order valence-electron chi connectivity index (χ0n) is 7.08. The van der Waals surface area contributed by atoms with E-state index >= 15 is 0 Å². The lowest BCUT2D eigenvalue weighted by Crippen LogP contribution is -2.22. The summed E-state index contributed by atoms with van der Waals surface area (Å²) in [6.45, 7) is 0.170. The number of benzene rings is 1. The Labute approximate surface area is 75.5 Å². The van der Waals surface area contributed by atoms with Crippen LogP contribution in [0.4, 0.5) is 8.78 Å². The van der Waals surface area contributed by atoms with Gasteiger partial charge in [0.2, 0.25) is 0 Å².